The molecule has 2 aromatic carbocycles. The lowest BCUT2D eigenvalue weighted by Crippen LogP contribution is -2.34. The Morgan fingerprint density at radius 1 is 1.03 bits per heavy atom. The maximum atomic E-state index is 5.54. The SMILES string of the molecule is COc1cc2c(cc1OC)[C@@H](C)N(c1ncnc3c1cnn3-c1cccc(C)c1)CC2. The van der Waals surface area contributed by atoms with E-state index in [4.69, 9.17) is 9.47 Å². The highest BCUT2D eigenvalue weighted by atomic mass is 16.5. The van der Waals surface area contributed by atoms with Crippen molar-refractivity contribution in [2.24, 2.45) is 0 Å². The Bertz CT molecular complexity index is 1270. The zero-order valence-electron chi connectivity index (χ0n) is 18.2. The van der Waals surface area contributed by atoms with Crippen LogP contribution < -0.4 is 14.4 Å². The second-order valence-corrected chi connectivity index (χ2v) is 7.86. The van der Waals surface area contributed by atoms with Crippen LogP contribution >= 0.6 is 0 Å². The van der Waals surface area contributed by atoms with E-state index in [0.717, 1.165) is 47.0 Å². The van der Waals surface area contributed by atoms with Crippen molar-refractivity contribution in [2.45, 2.75) is 26.3 Å². The van der Waals surface area contributed by atoms with Crippen LogP contribution in [0.25, 0.3) is 16.7 Å². The molecule has 0 spiro atoms. The molecule has 158 valence electrons. The van der Waals surface area contributed by atoms with Gasteiger partial charge in [0.05, 0.1) is 37.5 Å². The van der Waals surface area contributed by atoms with Crippen molar-refractivity contribution < 1.29 is 9.47 Å². The van der Waals surface area contributed by atoms with Crippen LogP contribution in [0.1, 0.15) is 29.7 Å². The number of hydrogen-bond acceptors (Lipinski definition) is 6. The van der Waals surface area contributed by atoms with Gasteiger partial charge >= 0.3 is 0 Å². The molecular formula is C24H25N5O2. The summed E-state index contributed by atoms with van der Waals surface area (Å²) in [5, 5.41) is 5.58. The molecule has 1 aliphatic heterocycles. The molecule has 0 radical (unpaired) electrons. The van der Waals surface area contributed by atoms with E-state index in [1.165, 1.54) is 16.7 Å². The normalized spacial score (nSPS) is 15.7. The highest BCUT2D eigenvalue weighted by molar-refractivity contribution is 5.88. The molecule has 1 atom stereocenters. The fourth-order valence-corrected chi connectivity index (χ4v) is 4.44. The molecular weight excluding hydrogens is 390 g/mol. The van der Waals surface area contributed by atoms with E-state index < -0.39 is 0 Å². The van der Waals surface area contributed by atoms with E-state index in [9.17, 15) is 0 Å². The average Bonchev–Trinajstić information content (AvgIpc) is 3.23. The smallest absolute Gasteiger partial charge is 0.168 e. The summed E-state index contributed by atoms with van der Waals surface area (Å²) in [6.45, 7) is 5.12. The predicted octanol–water partition coefficient (Wildman–Crippen LogP) is 4.26. The molecule has 0 saturated heterocycles. The average molecular weight is 415 g/mol. The Morgan fingerprint density at radius 3 is 2.61 bits per heavy atom. The summed E-state index contributed by atoms with van der Waals surface area (Å²) < 4.78 is 12.9. The second kappa shape index (κ2) is 7.58. The quantitative estimate of drug-likeness (QED) is 0.496. The Morgan fingerprint density at radius 2 is 1.84 bits per heavy atom. The third-order valence-electron chi connectivity index (χ3n) is 6.05. The predicted molar refractivity (Wildman–Crippen MR) is 120 cm³/mol. The van der Waals surface area contributed by atoms with Crippen molar-refractivity contribution in [1.82, 2.24) is 19.7 Å². The van der Waals surface area contributed by atoms with Crippen LogP contribution in [0.5, 0.6) is 11.5 Å². The van der Waals surface area contributed by atoms with Crippen LogP contribution in [0.15, 0.2) is 48.9 Å². The molecule has 0 N–H and O–H groups in total. The molecule has 0 fully saturated rings. The number of nitrogens with zero attached hydrogens (tertiary/aromatic N) is 5. The molecule has 3 heterocycles. The Labute approximate surface area is 181 Å². The van der Waals surface area contributed by atoms with Gasteiger partial charge in [0.25, 0.3) is 0 Å². The zero-order chi connectivity index (χ0) is 21.5. The van der Waals surface area contributed by atoms with E-state index >= 15 is 0 Å². The van der Waals surface area contributed by atoms with Gasteiger partial charge in [0.15, 0.2) is 17.1 Å². The van der Waals surface area contributed by atoms with Gasteiger partial charge in [0.1, 0.15) is 12.1 Å². The van der Waals surface area contributed by atoms with Gasteiger partial charge in [-0.25, -0.2) is 14.6 Å². The van der Waals surface area contributed by atoms with Gasteiger partial charge in [-0.15, -0.1) is 0 Å². The first-order valence-corrected chi connectivity index (χ1v) is 10.4. The van der Waals surface area contributed by atoms with Crippen LogP contribution in [-0.4, -0.2) is 40.5 Å². The number of aryl methyl sites for hydroxylation is 1. The third-order valence-corrected chi connectivity index (χ3v) is 6.05. The number of rotatable bonds is 4. The van der Waals surface area contributed by atoms with Crippen molar-refractivity contribution >= 4 is 16.9 Å². The van der Waals surface area contributed by atoms with Gasteiger partial charge in [0.2, 0.25) is 0 Å². The summed E-state index contributed by atoms with van der Waals surface area (Å²) in [6, 6.07) is 12.6. The first-order valence-electron chi connectivity index (χ1n) is 10.4. The maximum absolute atomic E-state index is 5.54. The molecule has 0 unspecified atom stereocenters. The number of hydrogen-bond donors (Lipinski definition) is 0. The fraction of sp³-hybridized carbons (Fsp3) is 0.292. The highest BCUT2D eigenvalue weighted by Gasteiger charge is 2.28. The largest absolute Gasteiger partial charge is 0.493 e. The molecule has 1 aliphatic rings. The molecule has 31 heavy (non-hydrogen) atoms. The molecule has 7 nitrogen and oxygen atoms in total. The minimum atomic E-state index is 0.129. The number of methoxy groups -OCH3 is 2. The van der Waals surface area contributed by atoms with Gasteiger partial charge < -0.3 is 14.4 Å². The minimum Gasteiger partial charge on any atom is -0.493 e. The number of benzene rings is 2. The van der Waals surface area contributed by atoms with Crippen molar-refractivity contribution in [1.29, 1.82) is 0 Å². The summed E-state index contributed by atoms with van der Waals surface area (Å²) in [6.07, 6.45) is 4.39. The van der Waals surface area contributed by atoms with Crippen molar-refractivity contribution in [3.05, 3.63) is 65.6 Å². The number of aromatic nitrogens is 4. The van der Waals surface area contributed by atoms with E-state index in [-0.39, 0.29) is 6.04 Å². The van der Waals surface area contributed by atoms with Gasteiger partial charge in [-0.1, -0.05) is 12.1 Å². The summed E-state index contributed by atoms with van der Waals surface area (Å²) in [5.41, 5.74) is 5.49. The van der Waals surface area contributed by atoms with Gasteiger partial charge in [-0.2, -0.15) is 5.10 Å². The molecule has 0 amide bonds. The summed E-state index contributed by atoms with van der Waals surface area (Å²) >= 11 is 0. The first-order chi connectivity index (χ1) is 15.1. The van der Waals surface area contributed by atoms with Crippen LogP contribution in [0.4, 0.5) is 5.82 Å². The van der Waals surface area contributed by atoms with Crippen LogP contribution in [0, 0.1) is 6.92 Å². The van der Waals surface area contributed by atoms with Crippen molar-refractivity contribution in [3.63, 3.8) is 0 Å². The number of anilines is 1. The maximum Gasteiger partial charge on any atom is 0.168 e. The lowest BCUT2D eigenvalue weighted by Gasteiger charge is -2.36. The van der Waals surface area contributed by atoms with Crippen LogP contribution in [0.3, 0.4) is 0 Å². The number of ether oxygens (including phenoxy) is 2. The minimum absolute atomic E-state index is 0.129. The summed E-state index contributed by atoms with van der Waals surface area (Å²) in [4.78, 5) is 11.5. The van der Waals surface area contributed by atoms with Crippen molar-refractivity contribution in [2.75, 3.05) is 25.7 Å². The Hall–Kier alpha value is -3.61. The van der Waals surface area contributed by atoms with E-state index in [1.807, 2.05) is 23.0 Å². The number of fused-ring (bicyclic) bond motifs is 2. The van der Waals surface area contributed by atoms with Crippen molar-refractivity contribution in [3.8, 4) is 17.2 Å². The topological polar surface area (TPSA) is 65.3 Å². The molecule has 2 aromatic heterocycles. The lowest BCUT2D eigenvalue weighted by atomic mass is 9.92. The molecule has 7 heteroatoms. The van der Waals surface area contributed by atoms with Gasteiger partial charge in [-0.3, -0.25) is 0 Å². The standard InChI is InChI=1S/C24H25N5O2/c1-15-6-5-7-18(10-15)29-24-20(13-27-29)23(25-14-26-24)28-9-8-17-11-21(30-3)22(31-4)12-19(17)16(28)2/h5-7,10-14,16H,8-9H2,1-4H3/t16-/m1/s1. The van der Waals surface area contributed by atoms with E-state index in [1.54, 1.807) is 20.5 Å². The molecule has 5 rings (SSSR count). The fourth-order valence-electron chi connectivity index (χ4n) is 4.44. The monoisotopic (exact) mass is 415 g/mol. The summed E-state index contributed by atoms with van der Waals surface area (Å²) in [5.74, 6) is 2.41. The Kier molecular flexibility index (Phi) is 4.73. The van der Waals surface area contributed by atoms with Gasteiger partial charge in [-0.05, 0) is 61.2 Å². The molecule has 0 aliphatic carbocycles. The lowest BCUT2D eigenvalue weighted by molar-refractivity contribution is 0.353. The molecule has 0 bridgehead atoms. The summed E-state index contributed by atoms with van der Waals surface area (Å²) in [7, 11) is 3.34. The van der Waals surface area contributed by atoms with Crippen LogP contribution in [0.2, 0.25) is 0 Å². The van der Waals surface area contributed by atoms with E-state index in [2.05, 4.69) is 58.1 Å². The van der Waals surface area contributed by atoms with E-state index in [0.29, 0.717) is 0 Å². The zero-order valence-corrected chi connectivity index (χ0v) is 18.2. The first kappa shape index (κ1) is 19.4. The highest BCUT2D eigenvalue weighted by Crippen LogP contribution is 2.40. The Balaban J connectivity index is 1.58. The molecule has 0 saturated carbocycles. The van der Waals surface area contributed by atoms with Crippen LogP contribution in [-0.2, 0) is 6.42 Å². The second-order valence-electron chi connectivity index (χ2n) is 7.86. The van der Waals surface area contributed by atoms with Gasteiger partial charge in [0, 0.05) is 6.54 Å². The molecule has 4 aromatic rings. The third kappa shape index (κ3) is 3.17.